The van der Waals surface area contributed by atoms with Gasteiger partial charge in [-0.15, -0.1) is 0 Å². The normalized spacial score (nSPS) is 20.0. The fourth-order valence-electron chi connectivity index (χ4n) is 3.12. The van der Waals surface area contributed by atoms with E-state index < -0.39 is 10.0 Å². The van der Waals surface area contributed by atoms with Crippen LogP contribution in [0.1, 0.15) is 29.6 Å². The highest BCUT2D eigenvalue weighted by molar-refractivity contribution is 7.89. The molecule has 2 N–H and O–H groups in total. The Kier molecular flexibility index (Phi) is 4.91. The smallest absolute Gasteiger partial charge is 0.253 e. The molecule has 132 valence electrons. The van der Waals surface area contributed by atoms with Crippen molar-refractivity contribution in [2.75, 3.05) is 32.8 Å². The van der Waals surface area contributed by atoms with E-state index in [2.05, 4.69) is 4.72 Å². The van der Waals surface area contributed by atoms with E-state index in [-0.39, 0.29) is 29.6 Å². The maximum Gasteiger partial charge on any atom is 0.253 e. The van der Waals surface area contributed by atoms with E-state index in [1.165, 1.54) is 24.3 Å². The number of rotatable bonds is 5. The van der Waals surface area contributed by atoms with Gasteiger partial charge in [0.25, 0.3) is 5.91 Å². The van der Waals surface area contributed by atoms with Crippen LogP contribution in [-0.4, -0.2) is 62.8 Å². The van der Waals surface area contributed by atoms with E-state index in [1.54, 1.807) is 4.90 Å². The summed E-state index contributed by atoms with van der Waals surface area (Å²) in [7, 11) is -3.65. The Labute approximate surface area is 141 Å². The van der Waals surface area contributed by atoms with Gasteiger partial charge in [-0.05, 0) is 43.5 Å². The van der Waals surface area contributed by atoms with Crippen LogP contribution in [0.4, 0.5) is 0 Å². The third kappa shape index (κ3) is 3.46. The van der Waals surface area contributed by atoms with Crippen molar-refractivity contribution in [2.24, 2.45) is 0 Å². The summed E-state index contributed by atoms with van der Waals surface area (Å²) in [5, 5.41) is 8.71. The molecule has 0 radical (unpaired) electrons. The average Bonchev–Trinajstić information content (AvgIpc) is 2.58. The molecule has 0 aromatic heterocycles. The van der Waals surface area contributed by atoms with Crippen LogP contribution in [0.2, 0.25) is 0 Å². The van der Waals surface area contributed by atoms with Crippen LogP contribution in [0.25, 0.3) is 0 Å². The number of benzene rings is 1. The van der Waals surface area contributed by atoms with Gasteiger partial charge in [-0.25, -0.2) is 13.1 Å². The standard InChI is InChI=1S/C16H22N2O5S/c19-11-8-17-24(21,22)14-3-1-13(2-4-14)15(20)18-9-5-16(6-10-18)7-12-23-16/h1-4,17,19H,5-12H2. The monoisotopic (exact) mass is 354 g/mol. The summed E-state index contributed by atoms with van der Waals surface area (Å²) in [6, 6.07) is 5.88. The number of nitrogens with zero attached hydrogens (tertiary/aromatic N) is 1. The van der Waals surface area contributed by atoms with Gasteiger partial charge in [0, 0.05) is 25.2 Å². The first-order valence-corrected chi connectivity index (χ1v) is 9.58. The number of hydrogen-bond donors (Lipinski definition) is 2. The lowest BCUT2D eigenvalue weighted by molar-refractivity contribution is -0.169. The summed E-state index contributed by atoms with van der Waals surface area (Å²) in [4.78, 5) is 14.4. The number of piperidine rings is 1. The molecule has 0 aliphatic carbocycles. The highest BCUT2D eigenvalue weighted by Crippen LogP contribution is 2.36. The molecule has 0 atom stereocenters. The molecule has 2 heterocycles. The highest BCUT2D eigenvalue weighted by Gasteiger charge is 2.42. The van der Waals surface area contributed by atoms with E-state index >= 15 is 0 Å². The Bertz CT molecular complexity index is 688. The van der Waals surface area contributed by atoms with Crippen LogP contribution < -0.4 is 4.72 Å². The number of ether oxygens (including phenoxy) is 1. The number of sulfonamides is 1. The van der Waals surface area contributed by atoms with E-state index in [0.29, 0.717) is 18.7 Å². The van der Waals surface area contributed by atoms with Crippen molar-refractivity contribution in [1.29, 1.82) is 0 Å². The Morgan fingerprint density at radius 2 is 1.83 bits per heavy atom. The zero-order valence-electron chi connectivity index (χ0n) is 13.4. The molecule has 2 aliphatic rings. The van der Waals surface area contributed by atoms with Crippen molar-refractivity contribution in [3.05, 3.63) is 29.8 Å². The summed E-state index contributed by atoms with van der Waals surface area (Å²) in [6.45, 7) is 1.83. The maximum atomic E-state index is 12.5. The number of aliphatic hydroxyl groups is 1. The maximum absolute atomic E-state index is 12.5. The minimum atomic E-state index is -3.65. The van der Waals surface area contributed by atoms with Gasteiger partial charge in [0.2, 0.25) is 10.0 Å². The van der Waals surface area contributed by atoms with Crippen LogP contribution >= 0.6 is 0 Å². The largest absolute Gasteiger partial charge is 0.395 e. The minimum absolute atomic E-state index is 0.00685. The lowest BCUT2D eigenvalue weighted by Crippen LogP contribution is -2.53. The lowest BCUT2D eigenvalue weighted by Gasteiger charge is -2.47. The second kappa shape index (κ2) is 6.79. The van der Waals surface area contributed by atoms with Crippen LogP contribution in [0.15, 0.2) is 29.2 Å². The van der Waals surface area contributed by atoms with Gasteiger partial charge in [-0.3, -0.25) is 4.79 Å². The Balaban J connectivity index is 1.64. The second-order valence-electron chi connectivity index (χ2n) is 6.22. The van der Waals surface area contributed by atoms with Crippen molar-refractivity contribution < 1.29 is 23.1 Å². The fourth-order valence-corrected chi connectivity index (χ4v) is 4.15. The molecule has 7 nitrogen and oxygen atoms in total. The van der Waals surface area contributed by atoms with Crippen molar-refractivity contribution >= 4 is 15.9 Å². The summed E-state index contributed by atoms with van der Waals surface area (Å²) in [6.07, 6.45) is 2.79. The molecule has 1 aromatic rings. The van der Waals surface area contributed by atoms with Crippen LogP contribution in [-0.2, 0) is 14.8 Å². The summed E-state index contributed by atoms with van der Waals surface area (Å²) in [5.74, 6) is -0.0866. The summed E-state index contributed by atoms with van der Waals surface area (Å²) >= 11 is 0. The first kappa shape index (κ1) is 17.3. The van der Waals surface area contributed by atoms with Crippen molar-refractivity contribution in [3.8, 4) is 0 Å². The van der Waals surface area contributed by atoms with E-state index in [9.17, 15) is 13.2 Å². The molecular weight excluding hydrogens is 332 g/mol. The lowest BCUT2D eigenvalue weighted by atomic mass is 9.84. The first-order chi connectivity index (χ1) is 11.5. The molecule has 8 heteroatoms. The minimum Gasteiger partial charge on any atom is -0.395 e. The van der Waals surface area contributed by atoms with E-state index in [4.69, 9.17) is 9.84 Å². The van der Waals surface area contributed by atoms with Crippen LogP contribution in [0.5, 0.6) is 0 Å². The molecule has 3 rings (SSSR count). The third-order valence-corrected chi connectivity index (χ3v) is 6.22. The summed E-state index contributed by atoms with van der Waals surface area (Å²) < 4.78 is 31.8. The molecule has 0 saturated carbocycles. The Morgan fingerprint density at radius 3 is 2.33 bits per heavy atom. The van der Waals surface area contributed by atoms with Crippen molar-refractivity contribution in [3.63, 3.8) is 0 Å². The van der Waals surface area contributed by atoms with Gasteiger partial charge in [0.15, 0.2) is 0 Å². The van der Waals surface area contributed by atoms with Gasteiger partial charge in [-0.2, -0.15) is 0 Å². The molecular formula is C16H22N2O5S. The number of hydrogen-bond acceptors (Lipinski definition) is 5. The molecule has 1 amide bonds. The van der Waals surface area contributed by atoms with E-state index in [1.807, 2.05) is 0 Å². The summed E-state index contributed by atoms with van der Waals surface area (Å²) in [5.41, 5.74) is 0.467. The number of carbonyl (C=O) groups is 1. The first-order valence-electron chi connectivity index (χ1n) is 8.10. The molecule has 24 heavy (non-hydrogen) atoms. The molecule has 2 saturated heterocycles. The van der Waals surface area contributed by atoms with Gasteiger partial charge in [0.05, 0.1) is 23.7 Å². The number of carbonyl (C=O) groups excluding carboxylic acids is 1. The number of aliphatic hydroxyl groups excluding tert-OH is 1. The molecule has 2 fully saturated rings. The molecule has 1 aromatic carbocycles. The molecule has 1 spiro atoms. The number of nitrogens with one attached hydrogen (secondary N) is 1. The topological polar surface area (TPSA) is 95.9 Å². The highest BCUT2D eigenvalue weighted by atomic mass is 32.2. The zero-order valence-corrected chi connectivity index (χ0v) is 14.2. The van der Waals surface area contributed by atoms with Crippen molar-refractivity contribution in [2.45, 2.75) is 29.8 Å². The third-order valence-electron chi connectivity index (χ3n) is 4.74. The average molecular weight is 354 g/mol. The molecule has 0 unspecified atom stereocenters. The number of likely N-dealkylation sites (tertiary alicyclic amines) is 1. The van der Waals surface area contributed by atoms with Crippen LogP contribution in [0, 0.1) is 0 Å². The fraction of sp³-hybridized carbons (Fsp3) is 0.562. The zero-order chi connectivity index (χ0) is 17.2. The Hall–Kier alpha value is -1.48. The second-order valence-corrected chi connectivity index (χ2v) is 7.99. The predicted molar refractivity (Wildman–Crippen MR) is 87.2 cm³/mol. The molecule has 0 bridgehead atoms. The van der Waals surface area contributed by atoms with Gasteiger partial charge in [0.1, 0.15) is 0 Å². The van der Waals surface area contributed by atoms with Gasteiger partial charge >= 0.3 is 0 Å². The number of amides is 1. The van der Waals surface area contributed by atoms with Gasteiger partial charge < -0.3 is 14.7 Å². The van der Waals surface area contributed by atoms with Gasteiger partial charge in [-0.1, -0.05) is 0 Å². The van der Waals surface area contributed by atoms with E-state index in [0.717, 1.165) is 25.9 Å². The Morgan fingerprint density at radius 1 is 1.21 bits per heavy atom. The quantitative estimate of drug-likeness (QED) is 0.796. The SMILES string of the molecule is O=C(c1ccc(S(=O)(=O)NCCO)cc1)N1CCC2(CCO2)CC1. The van der Waals surface area contributed by atoms with Crippen LogP contribution in [0.3, 0.4) is 0 Å². The predicted octanol–water partition coefficient (Wildman–Crippen LogP) is 0.352. The van der Waals surface area contributed by atoms with Crippen molar-refractivity contribution in [1.82, 2.24) is 9.62 Å². The molecule has 2 aliphatic heterocycles.